The van der Waals surface area contributed by atoms with Crippen LogP contribution < -0.4 is 10.1 Å². The molecule has 3 rings (SSSR count). The Morgan fingerprint density at radius 2 is 2.14 bits per heavy atom. The van der Waals surface area contributed by atoms with E-state index in [1.165, 1.54) is 25.9 Å². The molecule has 1 aliphatic rings. The number of methoxy groups -OCH3 is 1. The van der Waals surface area contributed by atoms with E-state index in [0.29, 0.717) is 17.1 Å². The highest BCUT2D eigenvalue weighted by atomic mass is 32.1. The summed E-state index contributed by atoms with van der Waals surface area (Å²) in [5.74, 6) is 2.17. The first-order valence-electron chi connectivity index (χ1n) is 10.4. The number of nitrogens with zero attached hydrogens (tertiary/aromatic N) is 3. The number of benzene rings is 1. The zero-order chi connectivity index (χ0) is 20.6. The fourth-order valence-corrected chi connectivity index (χ4v) is 4.00. The number of likely N-dealkylation sites (tertiary alicyclic amines) is 1. The number of hydrogen-bond acceptors (Lipinski definition) is 5. The lowest BCUT2D eigenvalue weighted by atomic mass is 10.0. The van der Waals surface area contributed by atoms with Gasteiger partial charge in [0.2, 0.25) is 5.91 Å². The summed E-state index contributed by atoms with van der Waals surface area (Å²) in [4.78, 5) is 14.9. The van der Waals surface area contributed by atoms with Crippen molar-refractivity contribution in [3.8, 4) is 17.1 Å². The minimum Gasteiger partial charge on any atom is -0.497 e. The summed E-state index contributed by atoms with van der Waals surface area (Å²) in [6.45, 7) is 6.70. The van der Waals surface area contributed by atoms with Gasteiger partial charge in [0, 0.05) is 18.7 Å². The predicted molar refractivity (Wildman–Crippen MR) is 116 cm³/mol. The van der Waals surface area contributed by atoms with Crippen LogP contribution in [-0.2, 0) is 11.3 Å². The van der Waals surface area contributed by atoms with Crippen LogP contribution >= 0.6 is 12.2 Å². The van der Waals surface area contributed by atoms with Crippen LogP contribution in [0.25, 0.3) is 11.4 Å². The molecule has 1 atom stereocenters. The number of aromatic nitrogens is 3. The van der Waals surface area contributed by atoms with Crippen molar-refractivity contribution in [3.05, 3.63) is 29.0 Å². The molecule has 1 aliphatic heterocycles. The summed E-state index contributed by atoms with van der Waals surface area (Å²) in [7, 11) is 1.63. The minimum absolute atomic E-state index is 0.0520. The van der Waals surface area contributed by atoms with Crippen molar-refractivity contribution in [1.82, 2.24) is 25.0 Å². The van der Waals surface area contributed by atoms with Gasteiger partial charge >= 0.3 is 0 Å². The third-order valence-corrected chi connectivity index (χ3v) is 5.68. The molecule has 158 valence electrons. The number of piperidine rings is 1. The summed E-state index contributed by atoms with van der Waals surface area (Å²) in [5, 5.41) is 10.1. The summed E-state index contributed by atoms with van der Waals surface area (Å²) in [6, 6.07) is 7.53. The quantitative estimate of drug-likeness (QED) is 0.484. The van der Waals surface area contributed by atoms with Crippen LogP contribution in [0.1, 0.15) is 32.6 Å². The van der Waals surface area contributed by atoms with Crippen LogP contribution in [0.3, 0.4) is 0 Å². The second kappa shape index (κ2) is 10.5. The molecule has 1 unspecified atom stereocenters. The van der Waals surface area contributed by atoms with Crippen LogP contribution in [-0.4, -0.2) is 58.9 Å². The van der Waals surface area contributed by atoms with Crippen LogP contribution in [0.2, 0.25) is 0 Å². The monoisotopic (exact) mass is 417 g/mol. The number of carbonyl (C=O) groups is 1. The summed E-state index contributed by atoms with van der Waals surface area (Å²) in [6.07, 6.45) is 4.75. The van der Waals surface area contributed by atoms with Crippen molar-refractivity contribution in [2.45, 2.75) is 39.2 Å². The van der Waals surface area contributed by atoms with E-state index in [1.54, 1.807) is 11.7 Å². The molecule has 1 fully saturated rings. The maximum atomic E-state index is 12.4. The normalized spacial score (nSPS) is 17.2. The van der Waals surface area contributed by atoms with Gasteiger partial charge in [0.15, 0.2) is 10.6 Å². The van der Waals surface area contributed by atoms with Crippen LogP contribution in [0.5, 0.6) is 5.75 Å². The van der Waals surface area contributed by atoms with Gasteiger partial charge in [0.25, 0.3) is 0 Å². The van der Waals surface area contributed by atoms with Gasteiger partial charge in [-0.1, -0.05) is 6.92 Å². The zero-order valence-corrected chi connectivity index (χ0v) is 18.1. The molecule has 0 bridgehead atoms. The molecule has 8 heteroatoms. The third-order valence-electron chi connectivity index (χ3n) is 5.37. The highest BCUT2D eigenvalue weighted by Crippen LogP contribution is 2.21. The molecule has 1 amide bonds. The van der Waals surface area contributed by atoms with Crippen molar-refractivity contribution < 1.29 is 9.53 Å². The molecule has 0 saturated carbocycles. The Hall–Kier alpha value is -2.19. The van der Waals surface area contributed by atoms with Gasteiger partial charge in [-0.15, -0.1) is 0 Å². The summed E-state index contributed by atoms with van der Waals surface area (Å²) < 4.78 is 7.35. The summed E-state index contributed by atoms with van der Waals surface area (Å²) in [5.41, 5.74) is 0.877. The molecule has 1 saturated heterocycles. The molecule has 7 nitrogen and oxygen atoms in total. The first kappa shape index (κ1) is 21.5. The molecular formula is C21H31N5O2S. The van der Waals surface area contributed by atoms with Crippen LogP contribution in [0.15, 0.2) is 24.3 Å². The molecule has 2 N–H and O–H groups in total. The predicted octanol–water partition coefficient (Wildman–Crippen LogP) is 3.24. The van der Waals surface area contributed by atoms with E-state index in [4.69, 9.17) is 17.0 Å². The highest BCUT2D eigenvalue weighted by molar-refractivity contribution is 7.71. The van der Waals surface area contributed by atoms with E-state index in [-0.39, 0.29) is 12.5 Å². The number of nitrogens with one attached hydrogen (secondary N) is 2. The van der Waals surface area contributed by atoms with Gasteiger partial charge in [0.05, 0.1) is 7.11 Å². The number of amides is 1. The Balaban J connectivity index is 1.45. The third kappa shape index (κ3) is 6.14. The smallest absolute Gasteiger partial charge is 0.240 e. The molecule has 2 aromatic rings. The second-order valence-corrected chi connectivity index (χ2v) is 8.16. The molecule has 2 heterocycles. The van der Waals surface area contributed by atoms with Gasteiger partial charge < -0.3 is 15.0 Å². The lowest BCUT2D eigenvalue weighted by molar-refractivity contribution is -0.121. The van der Waals surface area contributed by atoms with E-state index in [0.717, 1.165) is 36.6 Å². The zero-order valence-electron chi connectivity index (χ0n) is 17.3. The molecule has 29 heavy (non-hydrogen) atoms. The Morgan fingerprint density at radius 1 is 1.34 bits per heavy atom. The lowest BCUT2D eigenvalue weighted by Crippen LogP contribution is -2.35. The van der Waals surface area contributed by atoms with Crippen molar-refractivity contribution in [3.63, 3.8) is 0 Å². The lowest BCUT2D eigenvalue weighted by Gasteiger charge is -2.30. The largest absolute Gasteiger partial charge is 0.497 e. The Bertz CT molecular complexity index is 846. The molecule has 0 spiro atoms. The number of hydrogen-bond donors (Lipinski definition) is 2. The van der Waals surface area contributed by atoms with Crippen molar-refractivity contribution >= 4 is 18.1 Å². The number of unbranched alkanes of at least 4 members (excludes halogenated alkanes) is 1. The fraction of sp³-hybridized carbons (Fsp3) is 0.571. The van der Waals surface area contributed by atoms with Crippen molar-refractivity contribution in [2.75, 3.05) is 33.3 Å². The van der Waals surface area contributed by atoms with Gasteiger partial charge in [-0.25, -0.2) is 0 Å². The number of aromatic amines is 1. The molecule has 0 aliphatic carbocycles. The molecular weight excluding hydrogens is 386 g/mol. The number of carbonyl (C=O) groups excluding carboxylic acids is 1. The van der Waals surface area contributed by atoms with E-state index >= 15 is 0 Å². The maximum absolute atomic E-state index is 12.4. The SMILES string of the molecule is COc1ccc(-c2n[nH]c(=S)n2CC(=O)NCCCCN2CCCC(C)C2)cc1. The maximum Gasteiger partial charge on any atom is 0.240 e. The topological polar surface area (TPSA) is 75.2 Å². The van der Waals surface area contributed by atoms with Crippen molar-refractivity contribution in [1.29, 1.82) is 0 Å². The molecule has 0 radical (unpaired) electrons. The van der Waals surface area contributed by atoms with Gasteiger partial charge in [-0.05, 0) is 81.2 Å². The Morgan fingerprint density at radius 3 is 2.86 bits per heavy atom. The van der Waals surface area contributed by atoms with Gasteiger partial charge in [-0.3, -0.25) is 14.5 Å². The van der Waals surface area contributed by atoms with Crippen LogP contribution in [0.4, 0.5) is 0 Å². The van der Waals surface area contributed by atoms with Crippen LogP contribution in [0, 0.1) is 10.7 Å². The summed E-state index contributed by atoms with van der Waals surface area (Å²) >= 11 is 5.31. The first-order valence-corrected chi connectivity index (χ1v) is 10.8. The molecule has 1 aromatic carbocycles. The Kier molecular flexibility index (Phi) is 7.83. The van der Waals surface area contributed by atoms with Crippen molar-refractivity contribution in [2.24, 2.45) is 5.92 Å². The number of rotatable bonds is 9. The van der Waals surface area contributed by atoms with E-state index in [9.17, 15) is 4.79 Å². The van der Waals surface area contributed by atoms with E-state index in [2.05, 4.69) is 27.3 Å². The highest BCUT2D eigenvalue weighted by Gasteiger charge is 2.15. The van der Waals surface area contributed by atoms with Gasteiger partial charge in [-0.2, -0.15) is 5.10 Å². The standard InChI is InChI=1S/C21H31N5O2S/c1-16-6-5-13-25(14-16)12-4-3-11-22-19(27)15-26-20(23-24-21(26)29)17-7-9-18(28-2)10-8-17/h7-10,16H,3-6,11-15H2,1-2H3,(H,22,27)(H,24,29). The average molecular weight is 418 g/mol. The fourth-order valence-electron chi connectivity index (χ4n) is 3.80. The molecule has 1 aromatic heterocycles. The average Bonchev–Trinajstić information content (AvgIpc) is 3.08. The Labute approximate surface area is 177 Å². The van der Waals surface area contributed by atoms with Gasteiger partial charge in [0.1, 0.15) is 12.3 Å². The second-order valence-electron chi connectivity index (χ2n) is 7.77. The number of ether oxygens (including phenoxy) is 1. The first-order chi connectivity index (χ1) is 14.1. The van der Waals surface area contributed by atoms with E-state index < -0.39 is 0 Å². The number of H-pyrrole nitrogens is 1. The van der Waals surface area contributed by atoms with E-state index in [1.807, 2.05) is 24.3 Å². The minimum atomic E-state index is -0.0520.